The molecule has 0 aromatic heterocycles. The van der Waals surface area contributed by atoms with Crippen molar-refractivity contribution in [3.05, 3.63) is 0 Å². The lowest BCUT2D eigenvalue weighted by molar-refractivity contribution is -0.906. The first-order valence-corrected chi connectivity index (χ1v) is 14.2. The molecule has 7 heteroatoms. The Labute approximate surface area is 185 Å². The Morgan fingerprint density at radius 3 is 1.48 bits per heavy atom. The second-order valence-electron chi connectivity index (χ2n) is 8.57. The summed E-state index contributed by atoms with van der Waals surface area (Å²) in [5.41, 5.74) is 0. The molecule has 29 heavy (non-hydrogen) atoms. The van der Waals surface area contributed by atoms with Crippen LogP contribution < -0.4 is 0 Å². The van der Waals surface area contributed by atoms with E-state index >= 15 is 0 Å². The molecule has 0 N–H and O–H groups in total. The molecule has 1 heterocycles. The van der Waals surface area contributed by atoms with E-state index in [9.17, 15) is 13.0 Å². The lowest BCUT2D eigenvalue weighted by Crippen LogP contribution is -2.50. The zero-order valence-electron chi connectivity index (χ0n) is 19.3. The Bertz CT molecular complexity index is 452. The highest BCUT2D eigenvalue weighted by Crippen LogP contribution is 2.18. The van der Waals surface area contributed by atoms with Crippen LogP contribution >= 0.6 is 11.8 Å². The highest BCUT2D eigenvalue weighted by atomic mass is 32.3. The van der Waals surface area contributed by atoms with E-state index in [1.807, 2.05) is 0 Å². The van der Waals surface area contributed by atoms with Crippen LogP contribution in [0.25, 0.3) is 0 Å². The molecule has 0 saturated carbocycles. The Kier molecular flexibility index (Phi) is 19.0. The summed E-state index contributed by atoms with van der Waals surface area (Å²) >= 11 is 2.14. The summed E-state index contributed by atoms with van der Waals surface area (Å²) in [7, 11) is -1.13. The van der Waals surface area contributed by atoms with Gasteiger partial charge in [-0.15, -0.1) is 0 Å². The van der Waals surface area contributed by atoms with Crippen molar-refractivity contribution < 1.29 is 21.6 Å². The van der Waals surface area contributed by atoms with Crippen LogP contribution in [0.1, 0.15) is 96.8 Å². The fraction of sp³-hybridized carbons (Fsp3) is 1.00. The molecule has 5 nitrogen and oxygen atoms in total. The molecule has 0 radical (unpaired) electrons. The van der Waals surface area contributed by atoms with Crippen molar-refractivity contribution >= 4 is 22.2 Å². The van der Waals surface area contributed by atoms with Crippen molar-refractivity contribution in [2.75, 3.05) is 45.3 Å². The molecule has 0 aromatic carbocycles. The van der Waals surface area contributed by atoms with Crippen molar-refractivity contribution in [1.29, 1.82) is 0 Å². The number of hydrogen-bond donors (Lipinski definition) is 0. The van der Waals surface area contributed by atoms with E-state index in [-0.39, 0.29) is 0 Å². The minimum atomic E-state index is -4.41. The van der Waals surface area contributed by atoms with E-state index in [1.54, 1.807) is 0 Å². The molecular weight excluding hydrogens is 406 g/mol. The predicted molar refractivity (Wildman–Crippen MR) is 125 cm³/mol. The van der Waals surface area contributed by atoms with E-state index in [2.05, 4.69) is 29.9 Å². The summed E-state index contributed by atoms with van der Waals surface area (Å²) in [4.78, 5) is 0. The van der Waals surface area contributed by atoms with Crippen LogP contribution in [-0.2, 0) is 14.6 Å². The first-order chi connectivity index (χ1) is 13.8. The van der Waals surface area contributed by atoms with Gasteiger partial charge in [0.15, 0.2) is 0 Å². The second-order valence-corrected chi connectivity index (χ2v) is 10.9. The van der Waals surface area contributed by atoms with E-state index < -0.39 is 10.4 Å². The highest BCUT2D eigenvalue weighted by molar-refractivity contribution is 7.99. The van der Waals surface area contributed by atoms with Crippen LogP contribution in [0.5, 0.6) is 0 Å². The van der Waals surface area contributed by atoms with Crippen LogP contribution in [0.15, 0.2) is 0 Å². The van der Waals surface area contributed by atoms with E-state index in [0.717, 1.165) is 7.11 Å². The average molecular weight is 454 g/mol. The summed E-state index contributed by atoms with van der Waals surface area (Å²) in [5.74, 6) is 2.77. The maximum absolute atomic E-state index is 9.22. The number of rotatable bonds is 16. The fourth-order valence-corrected chi connectivity index (χ4v) is 5.04. The Balaban J connectivity index is 0.00000113. The molecule has 0 amide bonds. The predicted octanol–water partition coefficient (Wildman–Crippen LogP) is 5.75. The summed E-state index contributed by atoms with van der Waals surface area (Å²) < 4.78 is 32.4. The van der Waals surface area contributed by atoms with E-state index in [0.29, 0.717) is 0 Å². The SMILES string of the molecule is CCCCCCCCCCCCCCCC[N+]1(C)CCSCC1.COS(=O)(=O)[O-]. The molecule has 176 valence electrons. The molecule has 1 fully saturated rings. The van der Waals surface area contributed by atoms with Crippen molar-refractivity contribution in [2.24, 2.45) is 0 Å². The molecule has 1 saturated heterocycles. The van der Waals surface area contributed by atoms with Crippen molar-refractivity contribution in [2.45, 2.75) is 96.8 Å². The molecule has 0 aromatic rings. The summed E-state index contributed by atoms with van der Waals surface area (Å²) in [5, 5.41) is 0. The van der Waals surface area contributed by atoms with Gasteiger partial charge in [0.2, 0.25) is 10.4 Å². The van der Waals surface area contributed by atoms with Gasteiger partial charge in [0.25, 0.3) is 0 Å². The average Bonchev–Trinajstić information content (AvgIpc) is 2.69. The van der Waals surface area contributed by atoms with Crippen LogP contribution in [0.4, 0.5) is 0 Å². The smallest absolute Gasteiger partial charge is 0.217 e. The zero-order chi connectivity index (χ0) is 21.8. The third kappa shape index (κ3) is 21.2. The van der Waals surface area contributed by atoms with Crippen LogP contribution in [0.2, 0.25) is 0 Å². The van der Waals surface area contributed by atoms with Gasteiger partial charge in [-0.3, -0.25) is 4.18 Å². The van der Waals surface area contributed by atoms with Gasteiger partial charge in [-0.05, 0) is 12.8 Å². The monoisotopic (exact) mass is 453 g/mol. The maximum Gasteiger partial charge on any atom is 0.217 e. The molecule has 1 aliphatic heterocycles. The number of unbranched alkanes of at least 4 members (excludes halogenated alkanes) is 13. The lowest BCUT2D eigenvalue weighted by Gasteiger charge is -2.37. The summed E-state index contributed by atoms with van der Waals surface area (Å²) in [6, 6.07) is 0. The van der Waals surface area contributed by atoms with Crippen LogP contribution in [0.3, 0.4) is 0 Å². The van der Waals surface area contributed by atoms with Crippen molar-refractivity contribution in [3.63, 3.8) is 0 Å². The topological polar surface area (TPSA) is 66.4 Å². The second kappa shape index (κ2) is 18.9. The molecule has 0 atom stereocenters. The molecule has 0 aliphatic carbocycles. The summed E-state index contributed by atoms with van der Waals surface area (Å²) in [6.45, 7) is 6.54. The Hall–Kier alpha value is 0.180. The van der Waals surface area contributed by atoms with Gasteiger partial charge in [-0.25, -0.2) is 8.42 Å². The zero-order valence-corrected chi connectivity index (χ0v) is 21.0. The first kappa shape index (κ1) is 29.2. The maximum atomic E-state index is 9.22. The number of thioether (sulfide) groups is 1. The van der Waals surface area contributed by atoms with Gasteiger partial charge in [-0.1, -0.05) is 84.0 Å². The molecule has 1 aliphatic rings. The highest BCUT2D eigenvalue weighted by Gasteiger charge is 2.23. The number of quaternary nitrogens is 1. The van der Waals surface area contributed by atoms with Crippen LogP contribution in [0, 0.1) is 0 Å². The fourth-order valence-electron chi connectivity index (χ4n) is 3.70. The standard InChI is InChI=1S/C21H44NS.CH4O4S/c1-3-4-5-6-7-8-9-10-11-12-13-14-15-16-17-22(2)18-20-23-21-19-22;1-5-6(2,3)4/h3-21H2,1-2H3;1H3,(H,2,3,4)/q+1;/p-1. The van der Waals surface area contributed by atoms with Gasteiger partial charge in [-0.2, -0.15) is 11.8 Å². The normalized spacial score (nSPS) is 16.3. The first-order valence-electron chi connectivity index (χ1n) is 11.8. The quantitative estimate of drug-likeness (QED) is 0.129. The Morgan fingerprint density at radius 1 is 0.793 bits per heavy atom. The third-order valence-corrected chi connectivity index (χ3v) is 7.16. The minimum Gasteiger partial charge on any atom is -0.726 e. The van der Waals surface area contributed by atoms with E-state index in [4.69, 9.17) is 0 Å². The van der Waals surface area contributed by atoms with Gasteiger partial charge in [0.1, 0.15) is 0 Å². The van der Waals surface area contributed by atoms with Crippen molar-refractivity contribution in [1.82, 2.24) is 0 Å². The molecule has 0 bridgehead atoms. The van der Waals surface area contributed by atoms with E-state index in [1.165, 1.54) is 126 Å². The van der Waals surface area contributed by atoms with Gasteiger partial charge in [0, 0.05) is 11.5 Å². The lowest BCUT2D eigenvalue weighted by atomic mass is 10.0. The molecule has 1 rings (SSSR count). The largest absolute Gasteiger partial charge is 0.726 e. The van der Waals surface area contributed by atoms with Gasteiger partial charge in [0.05, 0.1) is 33.8 Å². The molecule has 0 spiro atoms. The number of nitrogens with zero attached hydrogens (tertiary/aromatic N) is 1. The Morgan fingerprint density at radius 2 is 1.14 bits per heavy atom. The minimum absolute atomic E-state index is 0.808. The molecular formula is C22H47NO4S2. The third-order valence-electron chi connectivity index (χ3n) is 5.81. The number of hydrogen-bond acceptors (Lipinski definition) is 5. The molecule has 0 unspecified atom stereocenters. The van der Waals surface area contributed by atoms with Crippen LogP contribution in [-0.4, -0.2) is 62.8 Å². The van der Waals surface area contributed by atoms with Gasteiger partial charge >= 0.3 is 0 Å². The summed E-state index contributed by atoms with van der Waals surface area (Å²) in [6.07, 6.45) is 20.6. The van der Waals surface area contributed by atoms with Gasteiger partial charge < -0.3 is 9.04 Å². The van der Waals surface area contributed by atoms with Crippen molar-refractivity contribution in [3.8, 4) is 0 Å².